The third-order valence-corrected chi connectivity index (χ3v) is 3.43. The van der Waals surface area contributed by atoms with Gasteiger partial charge in [0.1, 0.15) is 0 Å². The highest BCUT2D eigenvalue weighted by Crippen LogP contribution is 2.21. The molecule has 0 unspecified atom stereocenters. The molecule has 2 amide bonds. The van der Waals surface area contributed by atoms with Gasteiger partial charge < -0.3 is 10.6 Å². The van der Waals surface area contributed by atoms with Crippen molar-refractivity contribution in [2.45, 2.75) is 20.4 Å². The number of urea groups is 1. The molecule has 2 N–H and O–H groups in total. The van der Waals surface area contributed by atoms with E-state index in [9.17, 15) is 14.9 Å². The van der Waals surface area contributed by atoms with Crippen molar-refractivity contribution in [1.82, 2.24) is 15.1 Å². The number of nitro benzene ring substituents is 1. The van der Waals surface area contributed by atoms with Crippen LogP contribution in [-0.4, -0.2) is 20.7 Å². The van der Waals surface area contributed by atoms with Gasteiger partial charge in [0.2, 0.25) is 0 Å². The third kappa shape index (κ3) is 3.40. The molecule has 0 spiro atoms. The number of nitrogens with one attached hydrogen (secondary N) is 2. The van der Waals surface area contributed by atoms with Gasteiger partial charge in [0.05, 0.1) is 11.1 Å². The average molecular weight is 303 g/mol. The Balaban J connectivity index is 1.96. The molecule has 2 rings (SSSR count). The molecule has 0 atom stereocenters. The summed E-state index contributed by atoms with van der Waals surface area (Å²) >= 11 is 0. The lowest BCUT2D eigenvalue weighted by Gasteiger charge is -2.08. The number of benzene rings is 1. The fourth-order valence-electron chi connectivity index (χ4n) is 2.01. The zero-order valence-corrected chi connectivity index (χ0v) is 12.6. The van der Waals surface area contributed by atoms with E-state index in [0.717, 1.165) is 11.3 Å². The number of nitrogens with zero attached hydrogens (tertiary/aromatic N) is 3. The maximum absolute atomic E-state index is 11.9. The van der Waals surface area contributed by atoms with Crippen molar-refractivity contribution in [3.8, 4) is 0 Å². The van der Waals surface area contributed by atoms with Crippen LogP contribution < -0.4 is 10.6 Å². The van der Waals surface area contributed by atoms with Gasteiger partial charge in [-0.3, -0.25) is 14.8 Å². The van der Waals surface area contributed by atoms with Crippen LogP contribution in [0.15, 0.2) is 24.4 Å². The normalized spacial score (nSPS) is 10.3. The first-order valence-corrected chi connectivity index (χ1v) is 6.66. The van der Waals surface area contributed by atoms with Gasteiger partial charge in [-0.2, -0.15) is 5.10 Å². The van der Waals surface area contributed by atoms with Crippen LogP contribution in [0.1, 0.15) is 16.8 Å². The summed E-state index contributed by atoms with van der Waals surface area (Å²) in [4.78, 5) is 22.1. The van der Waals surface area contributed by atoms with Gasteiger partial charge in [-0.15, -0.1) is 0 Å². The number of nitro groups is 1. The zero-order valence-electron chi connectivity index (χ0n) is 12.6. The number of rotatable bonds is 4. The molecular formula is C14H17N5O3. The molecule has 8 nitrogen and oxygen atoms in total. The Morgan fingerprint density at radius 2 is 2.14 bits per heavy atom. The third-order valence-electron chi connectivity index (χ3n) is 3.43. The predicted octanol–water partition coefficient (Wildman–Crippen LogP) is 2.27. The topological polar surface area (TPSA) is 102 Å². The summed E-state index contributed by atoms with van der Waals surface area (Å²) in [6.07, 6.45) is 1.70. The number of amides is 2. The molecule has 8 heteroatoms. The molecule has 0 bridgehead atoms. The van der Waals surface area contributed by atoms with E-state index in [0.29, 0.717) is 17.8 Å². The summed E-state index contributed by atoms with van der Waals surface area (Å²) in [7, 11) is 1.83. The number of carbonyl (C=O) groups is 1. The van der Waals surface area contributed by atoms with Crippen molar-refractivity contribution in [3.05, 3.63) is 51.3 Å². The Labute approximate surface area is 127 Å². The smallest absolute Gasteiger partial charge is 0.319 e. The van der Waals surface area contributed by atoms with E-state index in [-0.39, 0.29) is 11.7 Å². The van der Waals surface area contributed by atoms with E-state index in [1.807, 2.05) is 14.0 Å². The monoisotopic (exact) mass is 303 g/mol. The second kappa shape index (κ2) is 6.25. The Hall–Kier alpha value is -2.90. The van der Waals surface area contributed by atoms with Crippen molar-refractivity contribution < 1.29 is 9.72 Å². The molecule has 0 aliphatic carbocycles. The Morgan fingerprint density at radius 3 is 2.68 bits per heavy atom. The lowest BCUT2D eigenvalue weighted by molar-refractivity contribution is -0.385. The molecular weight excluding hydrogens is 286 g/mol. The van der Waals surface area contributed by atoms with E-state index in [2.05, 4.69) is 15.7 Å². The van der Waals surface area contributed by atoms with Crippen LogP contribution in [-0.2, 0) is 13.6 Å². The van der Waals surface area contributed by atoms with Gasteiger partial charge in [-0.1, -0.05) is 0 Å². The first-order valence-electron chi connectivity index (χ1n) is 6.66. The molecule has 0 radical (unpaired) electrons. The quantitative estimate of drug-likeness (QED) is 0.668. The van der Waals surface area contributed by atoms with Crippen LogP contribution in [0.3, 0.4) is 0 Å². The molecule has 0 aliphatic rings. The van der Waals surface area contributed by atoms with Crippen molar-refractivity contribution in [2.24, 2.45) is 7.05 Å². The van der Waals surface area contributed by atoms with E-state index in [1.165, 1.54) is 12.1 Å². The predicted molar refractivity (Wildman–Crippen MR) is 81.6 cm³/mol. The summed E-state index contributed by atoms with van der Waals surface area (Å²) in [6, 6.07) is 4.06. The SMILES string of the molecule is Cc1cc(NC(=O)NCc2cnn(C)c2C)ccc1[N+](=O)[O-]. The number of anilines is 1. The summed E-state index contributed by atoms with van der Waals surface area (Å²) < 4.78 is 1.73. The number of aryl methyl sites for hydroxylation is 2. The molecule has 116 valence electrons. The van der Waals surface area contributed by atoms with E-state index in [1.54, 1.807) is 23.9 Å². The lowest BCUT2D eigenvalue weighted by Crippen LogP contribution is -2.28. The molecule has 0 saturated heterocycles. The fourth-order valence-corrected chi connectivity index (χ4v) is 2.01. The molecule has 1 heterocycles. The minimum atomic E-state index is -0.454. The van der Waals surface area contributed by atoms with E-state index in [4.69, 9.17) is 0 Å². The number of aromatic nitrogens is 2. The van der Waals surface area contributed by atoms with Gasteiger partial charge in [0.15, 0.2) is 0 Å². The molecule has 0 aliphatic heterocycles. The van der Waals surface area contributed by atoms with Crippen LogP contribution in [0.25, 0.3) is 0 Å². The van der Waals surface area contributed by atoms with Crippen LogP contribution in [0.4, 0.5) is 16.2 Å². The average Bonchev–Trinajstić information content (AvgIpc) is 2.76. The van der Waals surface area contributed by atoms with E-state index < -0.39 is 4.92 Å². The van der Waals surface area contributed by atoms with Crippen LogP contribution in [0.2, 0.25) is 0 Å². The highest BCUT2D eigenvalue weighted by atomic mass is 16.6. The summed E-state index contributed by atoms with van der Waals surface area (Å²) in [5, 5.41) is 20.2. The Bertz CT molecular complexity index is 723. The first kappa shape index (κ1) is 15.5. The number of hydrogen-bond donors (Lipinski definition) is 2. The highest BCUT2D eigenvalue weighted by Gasteiger charge is 2.11. The van der Waals surface area contributed by atoms with Gasteiger partial charge in [0.25, 0.3) is 5.69 Å². The molecule has 1 aromatic carbocycles. The summed E-state index contributed by atoms with van der Waals surface area (Å²) in [5.41, 5.74) is 2.93. The maximum atomic E-state index is 11.9. The van der Waals surface area contributed by atoms with Crippen LogP contribution >= 0.6 is 0 Å². The maximum Gasteiger partial charge on any atom is 0.319 e. The molecule has 0 saturated carbocycles. The lowest BCUT2D eigenvalue weighted by atomic mass is 10.2. The van der Waals surface area contributed by atoms with Crippen molar-refractivity contribution in [1.29, 1.82) is 0 Å². The Morgan fingerprint density at radius 1 is 1.41 bits per heavy atom. The second-order valence-electron chi connectivity index (χ2n) is 4.94. The van der Waals surface area contributed by atoms with Crippen molar-refractivity contribution in [2.75, 3.05) is 5.32 Å². The largest absolute Gasteiger partial charge is 0.334 e. The van der Waals surface area contributed by atoms with Crippen LogP contribution in [0, 0.1) is 24.0 Å². The molecule has 22 heavy (non-hydrogen) atoms. The molecule has 2 aromatic rings. The van der Waals surface area contributed by atoms with Crippen LogP contribution in [0.5, 0.6) is 0 Å². The summed E-state index contributed by atoms with van der Waals surface area (Å²) in [6.45, 7) is 3.90. The minimum Gasteiger partial charge on any atom is -0.334 e. The molecule has 0 fully saturated rings. The second-order valence-corrected chi connectivity index (χ2v) is 4.94. The zero-order chi connectivity index (χ0) is 16.3. The summed E-state index contributed by atoms with van der Waals surface area (Å²) in [5.74, 6) is 0. The standard InChI is InChI=1S/C14H17N5O3/c1-9-6-12(4-5-13(9)19(21)22)17-14(20)15-7-11-8-16-18(3)10(11)2/h4-6,8H,7H2,1-3H3,(H2,15,17,20). The van der Waals surface area contributed by atoms with Gasteiger partial charge in [-0.05, 0) is 26.0 Å². The van der Waals surface area contributed by atoms with Crippen molar-refractivity contribution >= 4 is 17.4 Å². The van der Waals surface area contributed by atoms with Gasteiger partial charge in [-0.25, -0.2) is 4.79 Å². The fraction of sp³-hybridized carbons (Fsp3) is 0.286. The number of carbonyl (C=O) groups excluding carboxylic acids is 1. The molecule has 1 aromatic heterocycles. The first-order chi connectivity index (χ1) is 10.4. The Kier molecular flexibility index (Phi) is 4.40. The van der Waals surface area contributed by atoms with E-state index >= 15 is 0 Å². The highest BCUT2D eigenvalue weighted by molar-refractivity contribution is 5.89. The van der Waals surface area contributed by atoms with Gasteiger partial charge >= 0.3 is 6.03 Å². The van der Waals surface area contributed by atoms with Crippen molar-refractivity contribution in [3.63, 3.8) is 0 Å². The number of hydrogen-bond acceptors (Lipinski definition) is 4. The van der Waals surface area contributed by atoms with Gasteiger partial charge in [0, 0.05) is 42.2 Å². The minimum absolute atomic E-state index is 0.0249.